The third kappa shape index (κ3) is 3.58. The van der Waals surface area contributed by atoms with E-state index in [-0.39, 0.29) is 16.7 Å². The molecule has 0 radical (unpaired) electrons. The molecule has 3 rings (SSSR count). The van der Waals surface area contributed by atoms with E-state index >= 15 is 0 Å². The summed E-state index contributed by atoms with van der Waals surface area (Å²) in [6, 6.07) is 13.2. The minimum atomic E-state index is -3.89. The van der Waals surface area contributed by atoms with Gasteiger partial charge in [0.1, 0.15) is 17.6 Å². The van der Waals surface area contributed by atoms with Gasteiger partial charge >= 0.3 is 10.1 Å². The van der Waals surface area contributed by atoms with Crippen LogP contribution < -0.4 is 8.92 Å². The smallest absolute Gasteiger partial charge is 0.339 e. The molecule has 22 heavy (non-hydrogen) atoms. The number of ether oxygens (including phenoxy) is 2. The molecule has 1 atom stereocenters. The molecule has 1 aliphatic rings. The number of rotatable bonds is 6. The van der Waals surface area contributed by atoms with Gasteiger partial charge in [0.2, 0.25) is 0 Å². The number of hydrogen-bond donors (Lipinski definition) is 0. The van der Waals surface area contributed by atoms with Gasteiger partial charge in [-0.3, -0.25) is 0 Å². The Bertz CT molecular complexity index is 748. The summed E-state index contributed by atoms with van der Waals surface area (Å²) in [6.45, 7) is 2.94. The predicted octanol–water partition coefficient (Wildman–Crippen LogP) is 2.54. The Hall–Kier alpha value is -2.05. The quantitative estimate of drug-likeness (QED) is 0.604. The lowest BCUT2D eigenvalue weighted by Gasteiger charge is -2.12. The van der Waals surface area contributed by atoms with Crippen LogP contribution in [0.5, 0.6) is 11.5 Å². The van der Waals surface area contributed by atoms with Crippen molar-refractivity contribution in [2.24, 2.45) is 0 Å². The minimum Gasteiger partial charge on any atom is -0.487 e. The van der Waals surface area contributed by atoms with Crippen molar-refractivity contribution in [2.75, 3.05) is 13.2 Å². The fourth-order valence-corrected chi connectivity index (χ4v) is 2.80. The van der Waals surface area contributed by atoms with Crippen LogP contribution in [0.2, 0.25) is 0 Å². The van der Waals surface area contributed by atoms with Crippen LogP contribution in [0.25, 0.3) is 0 Å². The first-order valence-electron chi connectivity index (χ1n) is 6.89. The molecule has 2 aromatic rings. The zero-order valence-corrected chi connectivity index (χ0v) is 12.9. The second-order valence-corrected chi connectivity index (χ2v) is 6.61. The molecule has 0 spiro atoms. The summed E-state index contributed by atoms with van der Waals surface area (Å²) in [7, 11) is -3.89. The molecule has 0 bridgehead atoms. The molecule has 5 nitrogen and oxygen atoms in total. The number of hydrogen-bond acceptors (Lipinski definition) is 5. The van der Waals surface area contributed by atoms with Crippen molar-refractivity contribution in [1.82, 2.24) is 0 Å². The highest BCUT2D eigenvalue weighted by molar-refractivity contribution is 7.87. The van der Waals surface area contributed by atoms with Crippen LogP contribution in [0.3, 0.4) is 0 Å². The Morgan fingerprint density at radius 3 is 2.36 bits per heavy atom. The lowest BCUT2D eigenvalue weighted by molar-refractivity contribution is 0.258. The van der Waals surface area contributed by atoms with Crippen molar-refractivity contribution in [3.63, 3.8) is 0 Å². The summed E-state index contributed by atoms with van der Waals surface area (Å²) < 4.78 is 40.5. The fourth-order valence-electron chi connectivity index (χ4n) is 1.86. The summed E-state index contributed by atoms with van der Waals surface area (Å²) in [4.78, 5) is 0.110. The van der Waals surface area contributed by atoms with Gasteiger partial charge in [-0.1, -0.05) is 29.8 Å². The molecular formula is C16H16O5S. The third-order valence-corrected chi connectivity index (χ3v) is 4.43. The van der Waals surface area contributed by atoms with Crippen molar-refractivity contribution >= 4 is 10.1 Å². The average Bonchev–Trinajstić information content (AvgIpc) is 3.31. The van der Waals surface area contributed by atoms with Crippen molar-refractivity contribution in [1.29, 1.82) is 0 Å². The highest BCUT2D eigenvalue weighted by Crippen LogP contribution is 2.30. The van der Waals surface area contributed by atoms with Gasteiger partial charge in [-0.2, -0.15) is 8.42 Å². The van der Waals surface area contributed by atoms with Crippen LogP contribution in [-0.2, 0) is 14.9 Å². The van der Waals surface area contributed by atoms with Gasteiger partial charge in [-0.05, 0) is 31.2 Å². The molecule has 0 aliphatic carbocycles. The van der Waals surface area contributed by atoms with E-state index in [4.69, 9.17) is 13.7 Å². The van der Waals surface area contributed by atoms with Crippen LogP contribution in [0, 0.1) is 6.92 Å². The Morgan fingerprint density at radius 1 is 1.09 bits per heavy atom. The van der Waals surface area contributed by atoms with Gasteiger partial charge in [0.05, 0.1) is 6.61 Å². The van der Waals surface area contributed by atoms with Gasteiger partial charge in [0, 0.05) is 0 Å². The summed E-state index contributed by atoms with van der Waals surface area (Å²) in [5, 5.41) is 0. The monoisotopic (exact) mass is 320 g/mol. The number of para-hydroxylation sites is 2. The largest absolute Gasteiger partial charge is 0.487 e. The Balaban J connectivity index is 1.80. The lowest BCUT2D eigenvalue weighted by Crippen LogP contribution is -2.11. The molecular weight excluding hydrogens is 304 g/mol. The topological polar surface area (TPSA) is 65.1 Å². The minimum absolute atomic E-state index is 0.0850. The van der Waals surface area contributed by atoms with Crippen molar-refractivity contribution in [2.45, 2.75) is 17.9 Å². The number of aryl methyl sites for hydroxylation is 1. The molecule has 116 valence electrons. The average molecular weight is 320 g/mol. The van der Waals surface area contributed by atoms with E-state index < -0.39 is 10.1 Å². The third-order valence-electron chi connectivity index (χ3n) is 3.19. The van der Waals surface area contributed by atoms with Crippen molar-refractivity contribution in [3.05, 3.63) is 54.1 Å². The van der Waals surface area contributed by atoms with Crippen LogP contribution >= 0.6 is 0 Å². The second kappa shape index (κ2) is 5.98. The molecule has 1 unspecified atom stereocenters. The van der Waals surface area contributed by atoms with Crippen molar-refractivity contribution < 1.29 is 22.1 Å². The van der Waals surface area contributed by atoms with E-state index in [1.165, 1.54) is 12.1 Å². The Labute approximate surface area is 129 Å². The molecule has 2 aromatic carbocycles. The maximum atomic E-state index is 12.3. The maximum absolute atomic E-state index is 12.3. The second-order valence-electron chi connectivity index (χ2n) is 5.06. The molecule has 0 N–H and O–H groups in total. The first kappa shape index (κ1) is 14.9. The van der Waals surface area contributed by atoms with Gasteiger partial charge in [0.15, 0.2) is 11.5 Å². The highest BCUT2D eigenvalue weighted by Gasteiger charge is 2.24. The van der Waals surface area contributed by atoms with Crippen LogP contribution in [0.4, 0.5) is 0 Å². The summed E-state index contributed by atoms with van der Waals surface area (Å²) in [6.07, 6.45) is 0.0850. The molecule has 1 aliphatic heterocycles. The predicted molar refractivity (Wildman–Crippen MR) is 80.7 cm³/mol. The van der Waals surface area contributed by atoms with E-state index in [0.29, 0.717) is 19.0 Å². The van der Waals surface area contributed by atoms with Gasteiger partial charge in [-0.15, -0.1) is 0 Å². The number of epoxide rings is 1. The maximum Gasteiger partial charge on any atom is 0.339 e. The van der Waals surface area contributed by atoms with Gasteiger partial charge < -0.3 is 13.7 Å². The molecule has 1 fully saturated rings. The summed E-state index contributed by atoms with van der Waals surface area (Å²) in [5.41, 5.74) is 0.979. The van der Waals surface area contributed by atoms with E-state index in [9.17, 15) is 8.42 Å². The summed E-state index contributed by atoms with van der Waals surface area (Å²) >= 11 is 0. The van der Waals surface area contributed by atoms with Crippen LogP contribution in [-0.4, -0.2) is 27.7 Å². The summed E-state index contributed by atoms with van der Waals surface area (Å²) in [5.74, 6) is 0.553. The molecule has 0 amide bonds. The van der Waals surface area contributed by atoms with E-state index in [1.54, 1.807) is 36.4 Å². The van der Waals surface area contributed by atoms with Crippen LogP contribution in [0.1, 0.15) is 5.56 Å². The lowest BCUT2D eigenvalue weighted by atomic mass is 10.2. The Morgan fingerprint density at radius 2 is 1.73 bits per heavy atom. The van der Waals surface area contributed by atoms with E-state index in [2.05, 4.69) is 0 Å². The SMILES string of the molecule is Cc1ccc(S(=O)(=O)Oc2ccccc2OCC2CO2)cc1. The molecule has 1 saturated heterocycles. The zero-order valence-electron chi connectivity index (χ0n) is 12.1. The highest BCUT2D eigenvalue weighted by atomic mass is 32.2. The normalized spacial score (nSPS) is 17.0. The van der Waals surface area contributed by atoms with E-state index in [1.807, 2.05) is 6.92 Å². The standard InChI is InChI=1S/C16H16O5S/c1-12-6-8-14(9-7-12)22(17,18)21-16-5-3-2-4-15(16)20-11-13-10-19-13/h2-9,13H,10-11H2,1H3. The molecule has 6 heteroatoms. The van der Waals surface area contributed by atoms with Crippen LogP contribution in [0.15, 0.2) is 53.4 Å². The van der Waals surface area contributed by atoms with Crippen molar-refractivity contribution in [3.8, 4) is 11.5 Å². The Kier molecular flexibility index (Phi) is 4.04. The molecule has 0 aromatic heterocycles. The first-order chi connectivity index (χ1) is 10.5. The van der Waals surface area contributed by atoms with Gasteiger partial charge in [-0.25, -0.2) is 0 Å². The number of benzene rings is 2. The van der Waals surface area contributed by atoms with E-state index in [0.717, 1.165) is 5.56 Å². The fraction of sp³-hybridized carbons (Fsp3) is 0.250. The zero-order chi connectivity index (χ0) is 15.6. The first-order valence-corrected chi connectivity index (χ1v) is 8.30. The molecule has 0 saturated carbocycles. The molecule has 1 heterocycles. The van der Waals surface area contributed by atoms with Gasteiger partial charge in [0.25, 0.3) is 0 Å².